The maximum absolute atomic E-state index is 12.1. The molecule has 0 aliphatic carbocycles. The van der Waals surface area contributed by atoms with Crippen molar-refractivity contribution < 1.29 is 4.79 Å². The van der Waals surface area contributed by atoms with E-state index in [9.17, 15) is 4.79 Å². The summed E-state index contributed by atoms with van der Waals surface area (Å²) in [5, 5.41) is 0. The number of amides is 1. The fourth-order valence-electron chi connectivity index (χ4n) is 1.98. The summed E-state index contributed by atoms with van der Waals surface area (Å²) in [6.45, 7) is 8.21. The molecular weight excluding hydrogens is 198 g/mol. The van der Waals surface area contributed by atoms with Crippen LogP contribution in [0.5, 0.6) is 0 Å². The molecule has 2 nitrogen and oxygen atoms in total. The van der Waals surface area contributed by atoms with Crippen LogP contribution in [0.25, 0.3) is 0 Å². The van der Waals surface area contributed by atoms with E-state index in [2.05, 4.69) is 26.0 Å². The summed E-state index contributed by atoms with van der Waals surface area (Å²) in [5.41, 5.74) is 3.27. The average molecular weight is 217 g/mol. The molecule has 2 rings (SSSR count). The standard InChI is InChI=1S/C14H19NO/c1-10(2)12-5-6-13(11(3)9-12)14(16)15-7-4-8-15/h5-6,9-10H,4,7-8H2,1-3H3. The van der Waals surface area contributed by atoms with Crippen molar-refractivity contribution in [2.24, 2.45) is 0 Å². The SMILES string of the molecule is Cc1cc(C(C)C)ccc1C(=O)N1CCC1. The molecule has 0 bridgehead atoms. The summed E-state index contributed by atoms with van der Waals surface area (Å²) >= 11 is 0. The number of rotatable bonds is 2. The van der Waals surface area contributed by atoms with Gasteiger partial charge in [-0.3, -0.25) is 4.79 Å². The lowest BCUT2D eigenvalue weighted by atomic mass is 9.97. The minimum absolute atomic E-state index is 0.194. The molecule has 1 aliphatic heterocycles. The van der Waals surface area contributed by atoms with Crippen LogP contribution in [-0.2, 0) is 0 Å². The van der Waals surface area contributed by atoms with Crippen LogP contribution in [-0.4, -0.2) is 23.9 Å². The second-order valence-corrected chi connectivity index (χ2v) is 4.87. The van der Waals surface area contributed by atoms with E-state index in [0.717, 1.165) is 30.6 Å². The number of likely N-dealkylation sites (tertiary alicyclic amines) is 1. The van der Waals surface area contributed by atoms with Crippen molar-refractivity contribution >= 4 is 5.91 Å². The molecule has 1 fully saturated rings. The summed E-state index contributed by atoms with van der Waals surface area (Å²) in [4.78, 5) is 14.0. The zero-order valence-electron chi connectivity index (χ0n) is 10.3. The molecule has 0 saturated carbocycles. The van der Waals surface area contributed by atoms with Gasteiger partial charge in [-0.25, -0.2) is 0 Å². The lowest BCUT2D eigenvalue weighted by Crippen LogP contribution is -2.42. The number of carbonyl (C=O) groups is 1. The van der Waals surface area contributed by atoms with Crippen LogP contribution in [0.15, 0.2) is 18.2 Å². The van der Waals surface area contributed by atoms with Crippen LogP contribution in [0.4, 0.5) is 0 Å². The molecule has 0 radical (unpaired) electrons. The van der Waals surface area contributed by atoms with E-state index in [1.165, 1.54) is 5.56 Å². The number of hydrogen-bond acceptors (Lipinski definition) is 1. The van der Waals surface area contributed by atoms with E-state index in [-0.39, 0.29) is 5.91 Å². The summed E-state index contributed by atoms with van der Waals surface area (Å²) < 4.78 is 0. The first-order valence-electron chi connectivity index (χ1n) is 5.99. The van der Waals surface area contributed by atoms with Crippen molar-refractivity contribution in [2.45, 2.75) is 33.1 Å². The Balaban J connectivity index is 2.24. The van der Waals surface area contributed by atoms with Gasteiger partial charge in [-0.15, -0.1) is 0 Å². The van der Waals surface area contributed by atoms with Gasteiger partial charge in [-0.1, -0.05) is 26.0 Å². The number of nitrogens with zero attached hydrogens (tertiary/aromatic N) is 1. The highest BCUT2D eigenvalue weighted by Gasteiger charge is 2.22. The molecule has 86 valence electrons. The zero-order chi connectivity index (χ0) is 11.7. The predicted molar refractivity (Wildman–Crippen MR) is 65.8 cm³/mol. The average Bonchev–Trinajstić information content (AvgIpc) is 2.14. The molecule has 0 N–H and O–H groups in total. The third-order valence-electron chi connectivity index (χ3n) is 3.29. The normalized spacial score (nSPS) is 15.1. The van der Waals surface area contributed by atoms with Crippen molar-refractivity contribution in [3.63, 3.8) is 0 Å². The molecule has 2 heteroatoms. The van der Waals surface area contributed by atoms with Gasteiger partial charge in [0.2, 0.25) is 0 Å². The summed E-state index contributed by atoms with van der Waals surface area (Å²) in [6.07, 6.45) is 1.15. The van der Waals surface area contributed by atoms with Crippen molar-refractivity contribution in [3.05, 3.63) is 34.9 Å². The Morgan fingerprint density at radius 3 is 2.44 bits per heavy atom. The second kappa shape index (κ2) is 4.28. The molecule has 1 saturated heterocycles. The Kier molecular flexibility index (Phi) is 2.99. The number of aryl methyl sites for hydroxylation is 1. The minimum atomic E-state index is 0.194. The van der Waals surface area contributed by atoms with Gasteiger partial charge in [0.25, 0.3) is 5.91 Å². The first kappa shape index (κ1) is 11.2. The summed E-state index contributed by atoms with van der Waals surface area (Å²) in [5.74, 6) is 0.714. The Hall–Kier alpha value is -1.31. The van der Waals surface area contributed by atoms with E-state index in [1.54, 1.807) is 0 Å². The highest BCUT2D eigenvalue weighted by Crippen LogP contribution is 2.21. The minimum Gasteiger partial charge on any atom is -0.339 e. The van der Waals surface area contributed by atoms with Gasteiger partial charge in [0.1, 0.15) is 0 Å². The monoisotopic (exact) mass is 217 g/mol. The Morgan fingerprint density at radius 2 is 2.00 bits per heavy atom. The summed E-state index contributed by atoms with van der Waals surface area (Å²) in [7, 11) is 0. The van der Waals surface area contributed by atoms with Gasteiger partial charge in [-0.05, 0) is 36.5 Å². The molecule has 0 unspecified atom stereocenters. The van der Waals surface area contributed by atoms with Gasteiger partial charge >= 0.3 is 0 Å². The van der Waals surface area contributed by atoms with Gasteiger partial charge in [-0.2, -0.15) is 0 Å². The summed E-state index contributed by atoms with van der Waals surface area (Å²) in [6, 6.07) is 6.19. The molecule has 1 amide bonds. The van der Waals surface area contributed by atoms with E-state index in [0.29, 0.717) is 5.92 Å². The van der Waals surface area contributed by atoms with Gasteiger partial charge < -0.3 is 4.90 Å². The van der Waals surface area contributed by atoms with E-state index >= 15 is 0 Å². The predicted octanol–water partition coefficient (Wildman–Crippen LogP) is 2.96. The number of hydrogen-bond donors (Lipinski definition) is 0. The maximum atomic E-state index is 12.1. The first-order chi connectivity index (χ1) is 7.59. The third-order valence-corrected chi connectivity index (χ3v) is 3.29. The van der Waals surface area contributed by atoms with E-state index < -0.39 is 0 Å². The van der Waals surface area contributed by atoms with Crippen LogP contribution in [0.2, 0.25) is 0 Å². The van der Waals surface area contributed by atoms with Gasteiger partial charge in [0.05, 0.1) is 0 Å². The highest BCUT2D eigenvalue weighted by molar-refractivity contribution is 5.96. The van der Waals surface area contributed by atoms with Crippen LogP contribution < -0.4 is 0 Å². The molecule has 0 spiro atoms. The quantitative estimate of drug-likeness (QED) is 0.745. The van der Waals surface area contributed by atoms with E-state index in [4.69, 9.17) is 0 Å². The van der Waals surface area contributed by atoms with Crippen molar-refractivity contribution in [2.75, 3.05) is 13.1 Å². The number of benzene rings is 1. The van der Waals surface area contributed by atoms with Crippen molar-refractivity contribution in [1.29, 1.82) is 0 Å². The Bertz CT molecular complexity index is 405. The molecule has 16 heavy (non-hydrogen) atoms. The van der Waals surface area contributed by atoms with Crippen LogP contribution >= 0.6 is 0 Å². The highest BCUT2D eigenvalue weighted by atomic mass is 16.2. The van der Waals surface area contributed by atoms with E-state index in [1.807, 2.05) is 17.9 Å². The second-order valence-electron chi connectivity index (χ2n) is 4.87. The lowest BCUT2D eigenvalue weighted by Gasteiger charge is -2.31. The van der Waals surface area contributed by atoms with Crippen LogP contribution in [0.3, 0.4) is 0 Å². The van der Waals surface area contributed by atoms with Gasteiger partial charge in [0, 0.05) is 18.7 Å². The number of carbonyl (C=O) groups excluding carboxylic acids is 1. The smallest absolute Gasteiger partial charge is 0.254 e. The Morgan fingerprint density at radius 1 is 1.31 bits per heavy atom. The van der Waals surface area contributed by atoms with Crippen LogP contribution in [0.1, 0.15) is 47.7 Å². The van der Waals surface area contributed by atoms with Crippen LogP contribution in [0, 0.1) is 6.92 Å². The fourth-order valence-corrected chi connectivity index (χ4v) is 1.98. The fraction of sp³-hybridized carbons (Fsp3) is 0.500. The largest absolute Gasteiger partial charge is 0.339 e. The molecule has 0 atom stereocenters. The molecular formula is C14H19NO. The topological polar surface area (TPSA) is 20.3 Å². The molecule has 1 aromatic carbocycles. The Labute approximate surface area is 97.3 Å². The molecule has 0 aromatic heterocycles. The lowest BCUT2D eigenvalue weighted by molar-refractivity contribution is 0.0651. The molecule has 1 aromatic rings. The third kappa shape index (κ3) is 1.97. The van der Waals surface area contributed by atoms with Crippen molar-refractivity contribution in [3.8, 4) is 0 Å². The molecule has 1 aliphatic rings. The van der Waals surface area contributed by atoms with Gasteiger partial charge in [0.15, 0.2) is 0 Å². The maximum Gasteiger partial charge on any atom is 0.254 e. The zero-order valence-corrected chi connectivity index (χ0v) is 10.3. The first-order valence-corrected chi connectivity index (χ1v) is 5.99. The van der Waals surface area contributed by atoms with Crippen molar-refractivity contribution in [1.82, 2.24) is 4.90 Å². The molecule has 1 heterocycles.